The van der Waals surface area contributed by atoms with Crippen molar-refractivity contribution >= 4 is 17.6 Å². The van der Waals surface area contributed by atoms with E-state index in [4.69, 9.17) is 10.8 Å². The zero-order valence-corrected chi connectivity index (χ0v) is 9.24. The summed E-state index contributed by atoms with van der Waals surface area (Å²) in [7, 11) is 0. The topological polar surface area (TPSA) is 92.4 Å². The van der Waals surface area contributed by atoms with E-state index < -0.39 is 30.2 Å². The number of halogens is 1. The lowest BCUT2D eigenvalue weighted by Gasteiger charge is -2.11. The van der Waals surface area contributed by atoms with Gasteiger partial charge in [-0.3, -0.25) is 9.59 Å². The summed E-state index contributed by atoms with van der Waals surface area (Å²) in [5.74, 6) is -2.50. The van der Waals surface area contributed by atoms with Gasteiger partial charge in [-0.15, -0.1) is 0 Å². The van der Waals surface area contributed by atoms with E-state index in [-0.39, 0.29) is 5.69 Å². The first-order chi connectivity index (χ1) is 7.90. The summed E-state index contributed by atoms with van der Waals surface area (Å²) < 4.78 is 13.3. The van der Waals surface area contributed by atoms with Crippen molar-refractivity contribution in [3.05, 3.63) is 29.6 Å². The molecule has 0 aliphatic carbocycles. The van der Waals surface area contributed by atoms with Crippen molar-refractivity contribution in [3.63, 3.8) is 0 Å². The summed E-state index contributed by atoms with van der Waals surface area (Å²) in [4.78, 5) is 21.8. The highest BCUT2D eigenvalue weighted by atomic mass is 19.1. The van der Waals surface area contributed by atoms with E-state index in [9.17, 15) is 14.0 Å². The molecule has 1 rings (SSSR count). The van der Waals surface area contributed by atoms with Crippen LogP contribution in [0.4, 0.5) is 10.1 Å². The SMILES string of the molecule is Cc1ccc(F)c(NC(=O)C(N)CC(=O)O)c1. The number of hydrogen-bond acceptors (Lipinski definition) is 3. The van der Waals surface area contributed by atoms with Crippen LogP contribution in [0.2, 0.25) is 0 Å². The van der Waals surface area contributed by atoms with Crippen molar-refractivity contribution in [2.75, 3.05) is 5.32 Å². The van der Waals surface area contributed by atoms with Crippen molar-refractivity contribution in [1.82, 2.24) is 0 Å². The van der Waals surface area contributed by atoms with Gasteiger partial charge in [0.25, 0.3) is 0 Å². The van der Waals surface area contributed by atoms with Gasteiger partial charge in [0.05, 0.1) is 18.2 Å². The molecule has 1 aromatic carbocycles. The summed E-state index contributed by atoms with van der Waals surface area (Å²) in [5.41, 5.74) is 6.11. The Morgan fingerprint density at radius 3 is 2.76 bits per heavy atom. The van der Waals surface area contributed by atoms with Gasteiger partial charge in [0, 0.05) is 0 Å². The minimum atomic E-state index is -1.20. The normalized spacial score (nSPS) is 11.9. The number of carboxylic acids is 1. The molecule has 0 aromatic heterocycles. The molecule has 0 spiro atoms. The van der Waals surface area contributed by atoms with E-state index in [0.717, 1.165) is 5.56 Å². The fraction of sp³-hybridized carbons (Fsp3) is 0.273. The van der Waals surface area contributed by atoms with E-state index in [0.29, 0.717) is 0 Å². The standard InChI is InChI=1S/C11H13FN2O3/c1-6-2-3-7(12)9(4-6)14-11(17)8(13)5-10(15)16/h2-4,8H,5,13H2,1H3,(H,14,17)(H,15,16). The van der Waals surface area contributed by atoms with Crippen LogP contribution < -0.4 is 11.1 Å². The zero-order valence-electron chi connectivity index (χ0n) is 9.24. The highest BCUT2D eigenvalue weighted by Gasteiger charge is 2.18. The average molecular weight is 240 g/mol. The number of carbonyl (C=O) groups excluding carboxylic acids is 1. The Kier molecular flexibility index (Phi) is 4.17. The van der Waals surface area contributed by atoms with Gasteiger partial charge in [-0.2, -0.15) is 0 Å². The Balaban J connectivity index is 2.73. The Hall–Kier alpha value is -1.95. The molecule has 6 heteroatoms. The fourth-order valence-corrected chi connectivity index (χ4v) is 1.24. The number of rotatable bonds is 4. The number of aryl methyl sites for hydroxylation is 1. The third-order valence-electron chi connectivity index (χ3n) is 2.11. The Bertz CT molecular complexity index is 448. The Labute approximate surface area is 97.4 Å². The maximum atomic E-state index is 13.3. The van der Waals surface area contributed by atoms with Gasteiger partial charge >= 0.3 is 5.97 Å². The van der Waals surface area contributed by atoms with Gasteiger partial charge in [-0.1, -0.05) is 6.07 Å². The molecule has 1 amide bonds. The van der Waals surface area contributed by atoms with Crippen LogP contribution in [-0.4, -0.2) is 23.0 Å². The van der Waals surface area contributed by atoms with Gasteiger partial charge in [0.1, 0.15) is 5.82 Å². The third-order valence-corrected chi connectivity index (χ3v) is 2.11. The first-order valence-corrected chi connectivity index (χ1v) is 4.94. The second-order valence-electron chi connectivity index (χ2n) is 3.68. The molecule has 1 atom stereocenters. The summed E-state index contributed by atoms with van der Waals surface area (Å²) in [5, 5.41) is 10.7. The number of nitrogens with two attached hydrogens (primary N) is 1. The van der Waals surface area contributed by atoms with Crippen molar-refractivity contribution in [2.24, 2.45) is 5.73 Å². The first-order valence-electron chi connectivity index (χ1n) is 4.94. The maximum Gasteiger partial charge on any atom is 0.305 e. The number of aliphatic carboxylic acids is 1. The lowest BCUT2D eigenvalue weighted by molar-refractivity contribution is -0.138. The van der Waals surface area contributed by atoms with E-state index in [2.05, 4.69) is 5.32 Å². The van der Waals surface area contributed by atoms with Gasteiger partial charge in [-0.05, 0) is 24.6 Å². The van der Waals surface area contributed by atoms with Crippen LogP contribution >= 0.6 is 0 Å². The minimum absolute atomic E-state index is 0.00385. The van der Waals surface area contributed by atoms with Gasteiger partial charge in [-0.25, -0.2) is 4.39 Å². The molecule has 17 heavy (non-hydrogen) atoms. The fourth-order valence-electron chi connectivity index (χ4n) is 1.24. The third kappa shape index (κ3) is 3.84. The molecule has 1 aromatic rings. The number of anilines is 1. The number of benzene rings is 1. The molecule has 0 bridgehead atoms. The molecule has 0 heterocycles. The average Bonchev–Trinajstić information content (AvgIpc) is 2.22. The summed E-state index contributed by atoms with van der Waals surface area (Å²) in [6.07, 6.45) is -0.501. The summed E-state index contributed by atoms with van der Waals surface area (Å²) in [6.45, 7) is 1.74. The van der Waals surface area contributed by atoms with Crippen molar-refractivity contribution in [1.29, 1.82) is 0 Å². The number of hydrogen-bond donors (Lipinski definition) is 3. The predicted octanol–water partition coefficient (Wildman–Crippen LogP) is 0.875. The number of carboxylic acid groups (broad SMARTS) is 1. The molecule has 0 saturated carbocycles. The quantitative estimate of drug-likeness (QED) is 0.728. The monoisotopic (exact) mass is 240 g/mol. The van der Waals surface area contributed by atoms with Crippen LogP contribution in [0.25, 0.3) is 0 Å². The Morgan fingerprint density at radius 2 is 2.18 bits per heavy atom. The second-order valence-corrected chi connectivity index (χ2v) is 3.68. The summed E-state index contributed by atoms with van der Waals surface area (Å²) in [6, 6.07) is 3.02. The molecule has 92 valence electrons. The van der Waals surface area contributed by atoms with Crippen molar-refractivity contribution < 1.29 is 19.1 Å². The van der Waals surface area contributed by atoms with Gasteiger partial charge < -0.3 is 16.2 Å². The lowest BCUT2D eigenvalue weighted by atomic mass is 10.2. The zero-order chi connectivity index (χ0) is 13.0. The molecule has 0 radical (unpaired) electrons. The molecule has 0 fully saturated rings. The second kappa shape index (κ2) is 5.40. The maximum absolute atomic E-state index is 13.3. The van der Waals surface area contributed by atoms with Crippen molar-refractivity contribution in [3.8, 4) is 0 Å². The van der Waals surface area contributed by atoms with Crippen LogP contribution in [0, 0.1) is 12.7 Å². The smallest absolute Gasteiger partial charge is 0.305 e. The number of amides is 1. The van der Waals surface area contributed by atoms with E-state index in [1.54, 1.807) is 13.0 Å². The van der Waals surface area contributed by atoms with E-state index in [1.165, 1.54) is 12.1 Å². The number of carbonyl (C=O) groups is 2. The van der Waals surface area contributed by atoms with Crippen LogP contribution in [-0.2, 0) is 9.59 Å². The van der Waals surface area contributed by atoms with Gasteiger partial charge in [0.15, 0.2) is 0 Å². The van der Waals surface area contributed by atoms with E-state index in [1.807, 2.05) is 0 Å². The lowest BCUT2D eigenvalue weighted by Crippen LogP contribution is -2.37. The molecule has 0 aliphatic rings. The highest BCUT2D eigenvalue weighted by Crippen LogP contribution is 2.15. The molecule has 4 N–H and O–H groups in total. The number of nitrogens with one attached hydrogen (secondary N) is 1. The summed E-state index contributed by atoms with van der Waals surface area (Å²) >= 11 is 0. The predicted molar refractivity (Wildman–Crippen MR) is 60.0 cm³/mol. The van der Waals surface area contributed by atoms with Crippen LogP contribution in [0.3, 0.4) is 0 Å². The van der Waals surface area contributed by atoms with Crippen LogP contribution in [0.15, 0.2) is 18.2 Å². The Morgan fingerprint density at radius 1 is 1.53 bits per heavy atom. The van der Waals surface area contributed by atoms with Crippen molar-refractivity contribution in [2.45, 2.75) is 19.4 Å². The minimum Gasteiger partial charge on any atom is -0.481 e. The van der Waals surface area contributed by atoms with E-state index >= 15 is 0 Å². The largest absolute Gasteiger partial charge is 0.481 e. The van der Waals surface area contributed by atoms with Crippen LogP contribution in [0.1, 0.15) is 12.0 Å². The highest BCUT2D eigenvalue weighted by molar-refractivity contribution is 5.96. The molecule has 0 aliphatic heterocycles. The molecule has 0 saturated heterocycles. The molecule has 1 unspecified atom stereocenters. The van der Waals surface area contributed by atoms with Crippen LogP contribution in [0.5, 0.6) is 0 Å². The van der Waals surface area contributed by atoms with Gasteiger partial charge in [0.2, 0.25) is 5.91 Å². The first kappa shape index (κ1) is 13.1. The molecular weight excluding hydrogens is 227 g/mol. The molecular formula is C11H13FN2O3. The molecule has 5 nitrogen and oxygen atoms in total.